The van der Waals surface area contributed by atoms with Crippen LogP contribution in [-0.2, 0) is 22.7 Å². The molecular formula is C23H21N4NaO4S. The van der Waals surface area contributed by atoms with Crippen molar-refractivity contribution >= 4 is 51.2 Å². The molecule has 0 unspecified atom stereocenters. The smallest absolute Gasteiger partial charge is 0.548 e. The second-order valence-corrected chi connectivity index (χ2v) is 8.75. The number of benzene rings is 1. The molecule has 1 aliphatic rings. The molecule has 0 bridgehead atoms. The van der Waals surface area contributed by atoms with Gasteiger partial charge in [0.05, 0.1) is 25.6 Å². The quantitative estimate of drug-likeness (QED) is 0.380. The first-order valence-electron chi connectivity index (χ1n) is 9.96. The van der Waals surface area contributed by atoms with Gasteiger partial charge in [-0.3, -0.25) is 10.1 Å². The number of aromatic nitrogens is 1. The molecule has 0 saturated heterocycles. The molecule has 2 aromatic heterocycles. The summed E-state index contributed by atoms with van der Waals surface area (Å²) < 4.78 is 1.20. The van der Waals surface area contributed by atoms with E-state index in [0.29, 0.717) is 23.5 Å². The largest absolute Gasteiger partial charge is 1.00 e. The van der Waals surface area contributed by atoms with Crippen LogP contribution >= 0.6 is 11.3 Å². The van der Waals surface area contributed by atoms with Gasteiger partial charge in [-0.05, 0) is 41.6 Å². The van der Waals surface area contributed by atoms with Crippen molar-refractivity contribution in [3.63, 3.8) is 0 Å². The molecule has 0 saturated carbocycles. The van der Waals surface area contributed by atoms with Crippen LogP contribution in [0.15, 0.2) is 42.6 Å². The predicted octanol–water partition coefficient (Wildman–Crippen LogP) is -0.622. The van der Waals surface area contributed by atoms with E-state index in [2.05, 4.69) is 29.4 Å². The molecular weight excluding hydrogens is 451 g/mol. The Labute approximate surface area is 217 Å². The van der Waals surface area contributed by atoms with Crippen molar-refractivity contribution in [2.75, 3.05) is 18.9 Å². The van der Waals surface area contributed by atoms with Crippen LogP contribution in [0, 0.1) is 6.92 Å². The minimum atomic E-state index is -1.34. The third-order valence-electron chi connectivity index (χ3n) is 5.30. The summed E-state index contributed by atoms with van der Waals surface area (Å²) >= 11 is 1.69. The fraction of sp³-hybridized carbons (Fsp3) is 0.217. The summed E-state index contributed by atoms with van der Waals surface area (Å²) in [6.45, 7) is 2.18. The van der Waals surface area contributed by atoms with Gasteiger partial charge in [0.25, 0.3) is 0 Å². The number of hydrogen-bond acceptors (Lipinski definition) is 6. The average Bonchev–Trinajstić information content (AvgIpc) is 3.07. The Morgan fingerprint density at radius 3 is 2.82 bits per heavy atom. The van der Waals surface area contributed by atoms with E-state index in [1.54, 1.807) is 41.6 Å². The number of thiophene rings is 1. The summed E-state index contributed by atoms with van der Waals surface area (Å²) in [5.74, 6) is -1.10. The van der Waals surface area contributed by atoms with E-state index >= 15 is 0 Å². The number of carbonyl (C=O) groups is 3. The number of aliphatic carboxylic acids is 1. The van der Waals surface area contributed by atoms with E-state index in [0.717, 1.165) is 9.78 Å². The van der Waals surface area contributed by atoms with Crippen LogP contribution in [-0.4, -0.2) is 46.3 Å². The van der Waals surface area contributed by atoms with Crippen molar-refractivity contribution in [2.45, 2.75) is 20.0 Å². The number of pyridine rings is 1. The number of hydrogen-bond donors (Lipinski definition) is 1. The Balaban J connectivity index is 0.00000306. The van der Waals surface area contributed by atoms with Gasteiger partial charge in [0.15, 0.2) is 0 Å². The molecule has 0 radical (unpaired) electrons. The van der Waals surface area contributed by atoms with Gasteiger partial charge in [-0.15, -0.1) is 11.3 Å². The number of anilines is 1. The molecule has 33 heavy (non-hydrogen) atoms. The molecule has 0 fully saturated rings. The first-order chi connectivity index (χ1) is 15.3. The number of likely N-dealkylation sites (N-methyl/N-ethyl adjacent to an activating group) is 1. The maximum atomic E-state index is 12.6. The van der Waals surface area contributed by atoms with Crippen molar-refractivity contribution in [1.29, 1.82) is 0 Å². The summed E-state index contributed by atoms with van der Waals surface area (Å²) in [7, 11) is 1.76. The van der Waals surface area contributed by atoms with Gasteiger partial charge >= 0.3 is 35.6 Å². The summed E-state index contributed by atoms with van der Waals surface area (Å²) in [5.41, 5.74) is 2.53. The Bertz CT molecular complexity index is 1260. The minimum absolute atomic E-state index is 0. The van der Waals surface area contributed by atoms with E-state index in [-0.39, 0.29) is 42.0 Å². The van der Waals surface area contributed by atoms with Crippen LogP contribution in [0.5, 0.6) is 0 Å². The van der Waals surface area contributed by atoms with Crippen molar-refractivity contribution in [3.8, 4) is 0 Å². The number of carboxylic acid groups (broad SMARTS) is 1. The average molecular weight is 473 g/mol. The van der Waals surface area contributed by atoms with Gasteiger partial charge in [-0.1, -0.05) is 18.2 Å². The number of nitrogens with zero attached hydrogens (tertiary/aromatic N) is 3. The standard InChI is InChI=1S/C23H22N4O4S.Na/c1-14-17-5-3-4-6-18(17)32-19(14)12-26(2)20(28)8-7-15-9-16-11-27(13-21(29)30)23(31)25-22(16)24-10-15;/h3-10H,11-13H2,1-2H3,(H,29,30)(H,24,25,31);/q;+1/p-1. The van der Waals surface area contributed by atoms with Crippen LogP contribution < -0.4 is 40.0 Å². The Morgan fingerprint density at radius 2 is 2.09 bits per heavy atom. The fourth-order valence-electron chi connectivity index (χ4n) is 3.56. The molecule has 4 rings (SSSR count). The number of aryl methyl sites for hydroxylation is 1. The zero-order valence-electron chi connectivity index (χ0n) is 18.6. The van der Waals surface area contributed by atoms with Crippen LogP contribution in [0.2, 0.25) is 0 Å². The molecule has 3 aromatic rings. The number of nitrogens with one attached hydrogen (secondary N) is 1. The summed E-state index contributed by atoms with van der Waals surface area (Å²) in [6.07, 6.45) is 4.68. The monoisotopic (exact) mass is 472 g/mol. The van der Waals surface area contributed by atoms with Crippen molar-refractivity contribution in [1.82, 2.24) is 14.8 Å². The Kier molecular flexibility index (Phi) is 7.91. The normalized spacial score (nSPS) is 12.9. The zero-order valence-corrected chi connectivity index (χ0v) is 21.4. The van der Waals surface area contributed by atoms with Crippen molar-refractivity contribution in [3.05, 3.63) is 64.2 Å². The number of carboxylic acids is 1. The molecule has 10 heteroatoms. The Hall–Kier alpha value is -2.72. The number of fused-ring (bicyclic) bond motifs is 2. The molecule has 1 aromatic carbocycles. The van der Waals surface area contributed by atoms with Gasteiger partial charge in [-0.2, -0.15) is 0 Å². The third-order valence-corrected chi connectivity index (χ3v) is 6.56. The maximum Gasteiger partial charge on any atom is 1.00 e. The zero-order chi connectivity index (χ0) is 22.8. The second kappa shape index (κ2) is 10.5. The van der Waals surface area contributed by atoms with Gasteiger partial charge in [-0.25, -0.2) is 9.78 Å². The van der Waals surface area contributed by atoms with Crippen LogP contribution in [0.4, 0.5) is 10.6 Å². The summed E-state index contributed by atoms with van der Waals surface area (Å²) in [4.78, 5) is 43.5. The maximum absolute atomic E-state index is 12.6. The molecule has 0 spiro atoms. The van der Waals surface area contributed by atoms with E-state index in [4.69, 9.17) is 0 Å². The van der Waals surface area contributed by atoms with Gasteiger partial charge in [0.2, 0.25) is 5.91 Å². The van der Waals surface area contributed by atoms with Crippen molar-refractivity contribution in [2.24, 2.45) is 0 Å². The summed E-state index contributed by atoms with van der Waals surface area (Å²) in [6, 6.07) is 9.42. The Morgan fingerprint density at radius 1 is 1.33 bits per heavy atom. The predicted molar refractivity (Wildman–Crippen MR) is 121 cm³/mol. The first kappa shape index (κ1) is 24.9. The molecule has 0 atom stereocenters. The van der Waals surface area contributed by atoms with E-state index in [1.165, 1.54) is 21.7 Å². The van der Waals surface area contributed by atoms with Crippen LogP contribution in [0.1, 0.15) is 21.6 Å². The van der Waals surface area contributed by atoms with Gasteiger partial charge in [0, 0.05) is 34.5 Å². The molecule has 3 heterocycles. The number of rotatable bonds is 6. The fourth-order valence-corrected chi connectivity index (χ4v) is 4.82. The third kappa shape index (κ3) is 5.62. The molecule has 3 amide bonds. The van der Waals surface area contributed by atoms with Crippen LogP contribution in [0.25, 0.3) is 16.2 Å². The van der Waals surface area contributed by atoms with Gasteiger partial charge in [0.1, 0.15) is 5.82 Å². The second-order valence-electron chi connectivity index (χ2n) is 7.61. The number of urea groups is 1. The number of amides is 3. The number of carbonyl (C=O) groups excluding carboxylic acids is 3. The molecule has 8 nitrogen and oxygen atoms in total. The molecule has 0 aliphatic carbocycles. The minimum Gasteiger partial charge on any atom is -0.548 e. The van der Waals surface area contributed by atoms with Crippen LogP contribution in [0.3, 0.4) is 0 Å². The summed E-state index contributed by atoms with van der Waals surface area (Å²) in [5, 5.41) is 14.6. The first-order valence-corrected chi connectivity index (χ1v) is 10.8. The molecule has 164 valence electrons. The van der Waals surface area contributed by atoms with E-state index in [1.807, 2.05) is 12.1 Å². The molecule has 1 N–H and O–H groups in total. The topological polar surface area (TPSA) is 106 Å². The van der Waals surface area contributed by atoms with Gasteiger partial charge < -0.3 is 19.7 Å². The van der Waals surface area contributed by atoms with E-state index < -0.39 is 18.5 Å². The van der Waals surface area contributed by atoms with Crippen molar-refractivity contribution < 1.29 is 49.0 Å². The molecule has 1 aliphatic heterocycles. The SMILES string of the molecule is Cc1c(CN(C)C(=O)C=Cc2cnc3c(c2)CN(CC(=O)[O-])C(=O)N3)sc2ccccc12.[Na+]. The van der Waals surface area contributed by atoms with E-state index in [9.17, 15) is 19.5 Å².